The fraction of sp³-hybridized carbons (Fsp3) is 0.429. The van der Waals surface area contributed by atoms with E-state index in [1.54, 1.807) is 13.0 Å². The molecule has 0 unspecified atom stereocenters. The van der Waals surface area contributed by atoms with Crippen molar-refractivity contribution in [2.24, 2.45) is 0 Å². The van der Waals surface area contributed by atoms with Crippen LogP contribution in [0.15, 0.2) is 10.6 Å². The molecular weight excluding hydrogens is 361 g/mol. The summed E-state index contributed by atoms with van der Waals surface area (Å²) in [6.07, 6.45) is -4.19. The highest BCUT2D eigenvalue weighted by Crippen LogP contribution is 2.35. The second-order valence-electron chi connectivity index (χ2n) is 5.32. The number of aromatic nitrogens is 2. The van der Waals surface area contributed by atoms with Crippen LogP contribution < -0.4 is 5.32 Å². The van der Waals surface area contributed by atoms with Gasteiger partial charge in [0.15, 0.2) is 0 Å². The van der Waals surface area contributed by atoms with Gasteiger partial charge < -0.3 is 14.7 Å². The summed E-state index contributed by atoms with van der Waals surface area (Å²) in [5, 5.41) is 5.81. The van der Waals surface area contributed by atoms with Crippen molar-refractivity contribution in [2.45, 2.75) is 26.1 Å². The monoisotopic (exact) mass is 374 g/mol. The maximum absolute atomic E-state index is 12.5. The molecule has 7 nitrogen and oxygen atoms in total. The van der Waals surface area contributed by atoms with Gasteiger partial charge in [-0.15, -0.1) is 11.3 Å². The first-order valence-corrected chi connectivity index (χ1v) is 8.21. The highest BCUT2D eigenvalue weighted by atomic mass is 32.1. The van der Waals surface area contributed by atoms with Crippen molar-refractivity contribution in [2.75, 3.05) is 13.1 Å². The zero-order valence-electron chi connectivity index (χ0n) is 13.0. The van der Waals surface area contributed by atoms with E-state index in [0.29, 0.717) is 24.4 Å². The molecule has 1 aliphatic rings. The molecule has 2 aromatic rings. The van der Waals surface area contributed by atoms with Gasteiger partial charge in [-0.3, -0.25) is 9.59 Å². The third-order valence-corrected chi connectivity index (χ3v) is 4.81. The maximum Gasteiger partial charge on any atom is 0.471 e. The van der Waals surface area contributed by atoms with Crippen LogP contribution in [0.2, 0.25) is 0 Å². The molecule has 134 valence electrons. The number of hydrogen-bond donors (Lipinski definition) is 1. The third-order valence-electron chi connectivity index (χ3n) is 3.57. The number of carbonyl (C=O) groups is 2. The molecular formula is C14H13F3N4O3S. The van der Waals surface area contributed by atoms with Gasteiger partial charge in [-0.25, -0.2) is 0 Å². The van der Waals surface area contributed by atoms with Crippen molar-refractivity contribution in [3.8, 4) is 10.7 Å². The van der Waals surface area contributed by atoms with E-state index in [1.807, 2.05) is 0 Å². The molecule has 0 aromatic carbocycles. The van der Waals surface area contributed by atoms with E-state index in [1.165, 1.54) is 16.2 Å². The Balaban J connectivity index is 1.78. The normalized spacial score (nSPS) is 14.3. The second-order valence-corrected chi connectivity index (χ2v) is 6.45. The molecule has 2 aromatic heterocycles. The largest absolute Gasteiger partial charge is 0.471 e. The standard InChI is InChI=1S/C14H13F3N4O3S/c1-2-18-11(22)12(23)21-4-3-8-7(6-21)5-9(25-8)10-19-13(24-20-10)14(15,16)17/h5H,2-4,6H2,1H3,(H,18,22). The minimum atomic E-state index is -4.70. The van der Waals surface area contributed by atoms with E-state index in [4.69, 9.17) is 0 Å². The van der Waals surface area contributed by atoms with Crippen LogP contribution in [0, 0.1) is 0 Å². The van der Waals surface area contributed by atoms with E-state index in [2.05, 4.69) is 20.0 Å². The lowest BCUT2D eigenvalue weighted by Crippen LogP contribution is -2.44. The Hall–Kier alpha value is -2.43. The Morgan fingerprint density at radius 3 is 2.84 bits per heavy atom. The van der Waals surface area contributed by atoms with Crippen molar-refractivity contribution in [1.82, 2.24) is 20.4 Å². The van der Waals surface area contributed by atoms with Crippen LogP contribution in [-0.2, 0) is 28.7 Å². The number of hydrogen-bond acceptors (Lipinski definition) is 6. The molecule has 0 saturated heterocycles. The average Bonchev–Trinajstić information content (AvgIpc) is 3.19. The number of fused-ring (bicyclic) bond motifs is 1. The fourth-order valence-electron chi connectivity index (χ4n) is 2.44. The van der Waals surface area contributed by atoms with Gasteiger partial charge in [0.2, 0.25) is 5.82 Å². The summed E-state index contributed by atoms with van der Waals surface area (Å²) in [6, 6.07) is 1.63. The molecule has 11 heteroatoms. The molecule has 1 N–H and O–H groups in total. The van der Waals surface area contributed by atoms with Crippen molar-refractivity contribution < 1.29 is 27.3 Å². The number of nitrogens with zero attached hydrogens (tertiary/aromatic N) is 3. The number of rotatable bonds is 2. The van der Waals surface area contributed by atoms with E-state index in [9.17, 15) is 22.8 Å². The van der Waals surface area contributed by atoms with E-state index >= 15 is 0 Å². The molecule has 3 heterocycles. The van der Waals surface area contributed by atoms with Crippen LogP contribution in [-0.4, -0.2) is 39.9 Å². The lowest BCUT2D eigenvalue weighted by Gasteiger charge is -2.26. The van der Waals surface area contributed by atoms with Crippen molar-refractivity contribution >= 4 is 23.2 Å². The summed E-state index contributed by atoms with van der Waals surface area (Å²) in [5.74, 6) is -2.84. The third kappa shape index (κ3) is 3.50. The van der Waals surface area contributed by atoms with Crippen LogP contribution in [0.25, 0.3) is 10.7 Å². The zero-order chi connectivity index (χ0) is 18.2. The Labute approximate surface area is 143 Å². The van der Waals surface area contributed by atoms with Gasteiger partial charge in [-0.2, -0.15) is 18.2 Å². The SMILES string of the molecule is CCNC(=O)C(=O)N1CCc2sc(-c3noc(C(F)(F)F)n3)cc2C1. The number of alkyl halides is 3. The van der Waals surface area contributed by atoms with Gasteiger partial charge in [0, 0.05) is 24.5 Å². The van der Waals surface area contributed by atoms with Crippen LogP contribution >= 0.6 is 11.3 Å². The molecule has 3 rings (SSSR count). The molecule has 0 radical (unpaired) electrons. The molecule has 2 amide bonds. The first-order chi connectivity index (χ1) is 11.8. The minimum absolute atomic E-state index is 0.145. The second kappa shape index (κ2) is 6.47. The Bertz CT molecular complexity index is 815. The number of amides is 2. The topological polar surface area (TPSA) is 88.3 Å². The summed E-state index contributed by atoms with van der Waals surface area (Å²) in [7, 11) is 0. The average molecular weight is 374 g/mol. The summed E-state index contributed by atoms with van der Waals surface area (Å²) < 4.78 is 41.9. The van der Waals surface area contributed by atoms with Crippen LogP contribution in [0.5, 0.6) is 0 Å². The summed E-state index contributed by atoms with van der Waals surface area (Å²) in [5.41, 5.74) is 0.766. The molecule has 0 aliphatic carbocycles. The first kappa shape index (κ1) is 17.4. The predicted octanol–water partition coefficient (Wildman–Crippen LogP) is 1.84. The van der Waals surface area contributed by atoms with Gasteiger partial charge >= 0.3 is 23.9 Å². The number of halogens is 3. The Morgan fingerprint density at radius 2 is 2.20 bits per heavy atom. The Kier molecular flexibility index (Phi) is 4.50. The van der Waals surface area contributed by atoms with Crippen LogP contribution in [0.3, 0.4) is 0 Å². The quantitative estimate of drug-likeness (QED) is 0.811. The summed E-state index contributed by atoms with van der Waals surface area (Å²) in [6.45, 7) is 2.64. The smallest absolute Gasteiger partial charge is 0.348 e. The molecule has 0 fully saturated rings. The minimum Gasteiger partial charge on any atom is -0.348 e. The molecule has 0 atom stereocenters. The number of nitrogens with one attached hydrogen (secondary N) is 1. The van der Waals surface area contributed by atoms with Gasteiger partial charge in [0.25, 0.3) is 0 Å². The summed E-state index contributed by atoms with van der Waals surface area (Å²) in [4.78, 5) is 29.8. The van der Waals surface area contributed by atoms with E-state index < -0.39 is 23.9 Å². The van der Waals surface area contributed by atoms with Gasteiger partial charge in [0.1, 0.15) is 0 Å². The van der Waals surface area contributed by atoms with Gasteiger partial charge in [-0.1, -0.05) is 5.16 Å². The van der Waals surface area contributed by atoms with Crippen LogP contribution in [0.4, 0.5) is 13.2 Å². The summed E-state index contributed by atoms with van der Waals surface area (Å²) >= 11 is 1.25. The lowest BCUT2D eigenvalue weighted by atomic mass is 10.1. The van der Waals surface area contributed by atoms with Crippen molar-refractivity contribution in [3.63, 3.8) is 0 Å². The van der Waals surface area contributed by atoms with Gasteiger partial charge in [0.05, 0.1) is 4.88 Å². The van der Waals surface area contributed by atoms with Gasteiger partial charge in [-0.05, 0) is 25.0 Å². The van der Waals surface area contributed by atoms with E-state index in [-0.39, 0.29) is 12.4 Å². The molecule has 1 aliphatic heterocycles. The maximum atomic E-state index is 12.5. The highest BCUT2D eigenvalue weighted by molar-refractivity contribution is 7.15. The van der Waals surface area contributed by atoms with Crippen LogP contribution in [0.1, 0.15) is 23.3 Å². The predicted molar refractivity (Wildman–Crippen MR) is 80.4 cm³/mol. The number of likely N-dealkylation sites (N-methyl/N-ethyl adjacent to an activating group) is 1. The number of carbonyl (C=O) groups excluding carboxylic acids is 2. The lowest BCUT2D eigenvalue weighted by molar-refractivity contribution is -0.159. The molecule has 25 heavy (non-hydrogen) atoms. The number of thiophene rings is 1. The van der Waals surface area contributed by atoms with E-state index in [0.717, 1.165) is 10.4 Å². The van der Waals surface area contributed by atoms with Crippen molar-refractivity contribution in [1.29, 1.82) is 0 Å². The fourth-order valence-corrected chi connectivity index (χ4v) is 3.52. The molecule has 0 bridgehead atoms. The first-order valence-electron chi connectivity index (χ1n) is 7.39. The highest BCUT2D eigenvalue weighted by Gasteiger charge is 2.39. The Morgan fingerprint density at radius 1 is 1.44 bits per heavy atom. The molecule has 0 spiro atoms. The van der Waals surface area contributed by atoms with Crippen molar-refractivity contribution in [3.05, 3.63) is 22.4 Å². The zero-order valence-corrected chi connectivity index (χ0v) is 13.8. The molecule has 0 saturated carbocycles.